The summed E-state index contributed by atoms with van der Waals surface area (Å²) in [6.07, 6.45) is -4.94. The molecule has 2 N–H and O–H groups in total. The van der Waals surface area contributed by atoms with Crippen LogP contribution in [-0.2, 0) is 17.8 Å². The minimum absolute atomic E-state index is 0.0340. The number of H-pyrrole nitrogens is 1. The summed E-state index contributed by atoms with van der Waals surface area (Å²) in [7, 11) is 0. The molecule has 0 radical (unpaired) electrons. The Morgan fingerprint density at radius 2 is 2.00 bits per heavy atom. The second kappa shape index (κ2) is 4.66. The number of carbonyl (C=O) groups excluding carboxylic acids is 1. The van der Waals surface area contributed by atoms with Gasteiger partial charge in [0.15, 0.2) is 0 Å². The lowest BCUT2D eigenvalue weighted by atomic mass is 10.0. The zero-order valence-corrected chi connectivity index (χ0v) is 9.95. The van der Waals surface area contributed by atoms with Crippen LogP contribution in [0.3, 0.4) is 0 Å². The lowest BCUT2D eigenvalue weighted by molar-refractivity contribution is -0.186. The molecule has 0 aromatic carbocycles. The summed E-state index contributed by atoms with van der Waals surface area (Å²) < 4.78 is 37.0. The monoisotopic (exact) mass is 290 g/mol. The number of aromatic carboxylic acids is 1. The largest absolute Gasteiger partial charge is 0.477 e. The summed E-state index contributed by atoms with van der Waals surface area (Å²) in [6.45, 7) is -0.571. The molecule has 0 saturated carbocycles. The minimum Gasteiger partial charge on any atom is -0.477 e. The fraction of sp³-hybridized carbons (Fsp3) is 0.364. The fourth-order valence-corrected chi connectivity index (χ4v) is 2.02. The average molecular weight is 290 g/mol. The number of hydrogen-bond donors (Lipinski definition) is 2. The molecule has 1 aromatic rings. The van der Waals surface area contributed by atoms with Gasteiger partial charge in [-0.2, -0.15) is 13.2 Å². The van der Waals surface area contributed by atoms with E-state index in [1.165, 1.54) is 0 Å². The first-order chi connectivity index (χ1) is 9.20. The summed E-state index contributed by atoms with van der Waals surface area (Å²) in [4.78, 5) is 36.2. The number of aromatic nitrogens is 1. The van der Waals surface area contributed by atoms with E-state index in [-0.39, 0.29) is 25.1 Å². The summed E-state index contributed by atoms with van der Waals surface area (Å²) >= 11 is 0. The lowest BCUT2D eigenvalue weighted by Gasteiger charge is -2.29. The molecule has 1 aliphatic heterocycles. The molecule has 6 nitrogen and oxygen atoms in total. The van der Waals surface area contributed by atoms with Crippen LogP contribution in [0.2, 0.25) is 0 Å². The Kier molecular flexibility index (Phi) is 3.28. The van der Waals surface area contributed by atoms with Crippen LogP contribution in [0, 0.1) is 0 Å². The highest BCUT2D eigenvalue weighted by Crippen LogP contribution is 2.23. The van der Waals surface area contributed by atoms with Gasteiger partial charge >= 0.3 is 18.1 Å². The van der Waals surface area contributed by atoms with Crippen molar-refractivity contribution in [2.45, 2.75) is 19.1 Å². The molecule has 9 heteroatoms. The molecule has 108 valence electrons. The Morgan fingerprint density at radius 1 is 1.35 bits per heavy atom. The van der Waals surface area contributed by atoms with Crippen molar-refractivity contribution in [3.63, 3.8) is 0 Å². The quantitative estimate of drug-likeness (QED) is 0.789. The van der Waals surface area contributed by atoms with Crippen molar-refractivity contribution in [1.82, 2.24) is 9.88 Å². The van der Waals surface area contributed by atoms with E-state index in [9.17, 15) is 27.6 Å². The number of amides is 1. The van der Waals surface area contributed by atoms with Gasteiger partial charge < -0.3 is 15.0 Å². The van der Waals surface area contributed by atoms with Gasteiger partial charge in [-0.05, 0) is 11.6 Å². The van der Waals surface area contributed by atoms with Gasteiger partial charge in [0.25, 0.3) is 5.56 Å². The molecule has 0 saturated heterocycles. The summed E-state index contributed by atoms with van der Waals surface area (Å²) in [6, 6.07) is 1.01. The zero-order valence-electron chi connectivity index (χ0n) is 9.95. The van der Waals surface area contributed by atoms with Crippen molar-refractivity contribution in [1.29, 1.82) is 0 Å². The Labute approximate surface area is 109 Å². The zero-order chi connectivity index (χ0) is 15.1. The Balaban J connectivity index is 2.35. The smallest absolute Gasteiger partial charge is 0.471 e. The minimum atomic E-state index is -4.98. The Hall–Kier alpha value is -2.32. The summed E-state index contributed by atoms with van der Waals surface area (Å²) in [5.74, 6) is -3.46. The van der Waals surface area contributed by atoms with Crippen LogP contribution in [0.25, 0.3) is 0 Å². The summed E-state index contributed by atoms with van der Waals surface area (Å²) in [5, 5.41) is 8.79. The molecule has 2 rings (SSSR count). The molecule has 0 aliphatic carbocycles. The number of aromatic amines is 1. The molecule has 0 bridgehead atoms. The number of nitrogens with zero attached hydrogens (tertiary/aromatic N) is 1. The molecule has 0 fully saturated rings. The molecule has 0 atom stereocenters. The highest BCUT2D eigenvalue weighted by molar-refractivity contribution is 5.87. The van der Waals surface area contributed by atoms with Gasteiger partial charge in [-0.1, -0.05) is 0 Å². The number of hydrogen-bond acceptors (Lipinski definition) is 3. The number of carboxylic acids is 1. The first kappa shape index (κ1) is 14.1. The van der Waals surface area contributed by atoms with E-state index in [1.807, 2.05) is 0 Å². The van der Waals surface area contributed by atoms with Crippen LogP contribution in [0.4, 0.5) is 13.2 Å². The number of carboxylic acid groups (broad SMARTS) is 1. The number of nitrogens with one attached hydrogen (secondary N) is 1. The van der Waals surface area contributed by atoms with E-state index in [0.29, 0.717) is 10.6 Å². The third-order valence-corrected chi connectivity index (χ3v) is 2.97. The van der Waals surface area contributed by atoms with E-state index >= 15 is 0 Å². The predicted molar refractivity (Wildman–Crippen MR) is 59.2 cm³/mol. The van der Waals surface area contributed by atoms with E-state index in [1.54, 1.807) is 0 Å². The van der Waals surface area contributed by atoms with Crippen molar-refractivity contribution in [2.24, 2.45) is 0 Å². The third-order valence-electron chi connectivity index (χ3n) is 2.97. The van der Waals surface area contributed by atoms with Crippen molar-refractivity contribution in [3.05, 3.63) is 33.2 Å². The van der Waals surface area contributed by atoms with Gasteiger partial charge in [-0.15, -0.1) is 0 Å². The number of fused-ring (bicyclic) bond motifs is 1. The SMILES string of the molecule is O=C(O)c1cc2c([nH]c1=O)CCN(C(=O)C(F)(F)F)C2. The van der Waals surface area contributed by atoms with Crippen LogP contribution < -0.4 is 5.56 Å². The van der Waals surface area contributed by atoms with Gasteiger partial charge in [0.05, 0.1) is 0 Å². The maximum atomic E-state index is 12.3. The van der Waals surface area contributed by atoms with Gasteiger partial charge in [0, 0.05) is 25.2 Å². The topological polar surface area (TPSA) is 90.5 Å². The Morgan fingerprint density at radius 3 is 2.55 bits per heavy atom. The molecule has 1 aromatic heterocycles. The maximum Gasteiger partial charge on any atom is 0.471 e. The highest BCUT2D eigenvalue weighted by atomic mass is 19.4. The van der Waals surface area contributed by atoms with Gasteiger partial charge in [-0.25, -0.2) is 4.79 Å². The standard InChI is InChI=1S/C11H9F3N2O4/c12-11(13,14)10(20)16-2-1-7-5(4-16)3-6(9(18)19)8(17)15-7/h3H,1-2,4H2,(H,15,17)(H,18,19). The average Bonchev–Trinajstić information content (AvgIpc) is 2.35. The number of alkyl halides is 3. The lowest BCUT2D eigenvalue weighted by Crippen LogP contribution is -2.44. The number of pyridine rings is 1. The van der Waals surface area contributed by atoms with Crippen LogP contribution in [0.15, 0.2) is 10.9 Å². The third kappa shape index (κ3) is 2.51. The molecule has 20 heavy (non-hydrogen) atoms. The van der Waals surface area contributed by atoms with Crippen molar-refractivity contribution < 1.29 is 27.9 Å². The van der Waals surface area contributed by atoms with Gasteiger partial charge in [-0.3, -0.25) is 9.59 Å². The molecule has 0 spiro atoms. The van der Waals surface area contributed by atoms with Gasteiger partial charge in [0.2, 0.25) is 0 Å². The van der Waals surface area contributed by atoms with Crippen molar-refractivity contribution >= 4 is 11.9 Å². The van der Waals surface area contributed by atoms with Crippen molar-refractivity contribution in [3.8, 4) is 0 Å². The predicted octanol–water partition coefficient (Wildman–Crippen LogP) is 0.520. The normalized spacial score (nSPS) is 14.8. The van der Waals surface area contributed by atoms with E-state index < -0.39 is 29.2 Å². The number of carbonyl (C=O) groups is 2. The van der Waals surface area contributed by atoms with Crippen LogP contribution >= 0.6 is 0 Å². The van der Waals surface area contributed by atoms with E-state index in [2.05, 4.69) is 4.98 Å². The Bertz CT molecular complexity index is 636. The first-order valence-electron chi connectivity index (χ1n) is 5.54. The van der Waals surface area contributed by atoms with E-state index in [4.69, 9.17) is 5.11 Å². The summed E-state index contributed by atoms with van der Waals surface area (Å²) in [5.41, 5.74) is -0.825. The molecule has 1 aliphatic rings. The van der Waals surface area contributed by atoms with Crippen LogP contribution in [0.1, 0.15) is 21.6 Å². The molecular weight excluding hydrogens is 281 g/mol. The maximum absolute atomic E-state index is 12.3. The van der Waals surface area contributed by atoms with Crippen LogP contribution in [-0.4, -0.2) is 39.6 Å². The number of halogens is 3. The van der Waals surface area contributed by atoms with Gasteiger partial charge in [0.1, 0.15) is 5.56 Å². The molecule has 0 unspecified atom stereocenters. The second-order valence-electron chi connectivity index (χ2n) is 4.30. The molecular formula is C11H9F3N2O4. The molecule has 2 heterocycles. The first-order valence-corrected chi connectivity index (χ1v) is 5.54. The van der Waals surface area contributed by atoms with E-state index in [0.717, 1.165) is 6.07 Å². The molecule has 1 amide bonds. The van der Waals surface area contributed by atoms with Crippen molar-refractivity contribution in [2.75, 3.05) is 6.54 Å². The second-order valence-corrected chi connectivity index (χ2v) is 4.30. The highest BCUT2D eigenvalue weighted by Gasteiger charge is 2.43. The number of rotatable bonds is 1. The fourth-order valence-electron chi connectivity index (χ4n) is 2.02. The van der Waals surface area contributed by atoms with Crippen LogP contribution in [0.5, 0.6) is 0 Å².